The van der Waals surface area contributed by atoms with Crippen molar-refractivity contribution < 1.29 is 14.7 Å². The number of rotatable bonds is 8. The van der Waals surface area contributed by atoms with E-state index in [1.807, 2.05) is 36.4 Å². The van der Waals surface area contributed by atoms with Crippen molar-refractivity contribution in [1.82, 2.24) is 5.32 Å². The Morgan fingerprint density at radius 2 is 1.87 bits per heavy atom. The minimum atomic E-state index is -1.05. The maximum atomic E-state index is 12.2. The van der Waals surface area contributed by atoms with Gasteiger partial charge in [-0.15, -0.1) is 0 Å². The number of fused-ring (bicyclic) bond motifs is 1. The van der Waals surface area contributed by atoms with Crippen LogP contribution < -0.4 is 16.4 Å². The highest BCUT2D eigenvalue weighted by Gasteiger charge is 2.20. The van der Waals surface area contributed by atoms with Crippen LogP contribution in [0.2, 0.25) is 0 Å². The lowest BCUT2D eigenvalue weighted by Crippen LogP contribution is -2.40. The van der Waals surface area contributed by atoms with E-state index in [4.69, 9.17) is 5.73 Å². The second-order valence-corrected chi connectivity index (χ2v) is 5.27. The van der Waals surface area contributed by atoms with Gasteiger partial charge in [0.25, 0.3) is 0 Å². The van der Waals surface area contributed by atoms with E-state index in [0.29, 0.717) is 25.2 Å². The number of carboxylic acid groups (broad SMARTS) is 1. The number of anilines is 1. The first-order chi connectivity index (χ1) is 11.1. The number of carbonyl (C=O) groups excluding carboxylic acids is 1. The molecular formula is C17H21N3O3. The van der Waals surface area contributed by atoms with Gasteiger partial charge in [-0.25, -0.2) is 0 Å². The first-order valence-corrected chi connectivity index (χ1v) is 7.55. The minimum absolute atomic E-state index is 0.136. The number of nitrogens with one attached hydrogen (secondary N) is 2. The molecule has 0 saturated heterocycles. The van der Waals surface area contributed by atoms with E-state index < -0.39 is 12.0 Å². The number of aliphatic carboxylic acids is 1. The zero-order valence-corrected chi connectivity index (χ0v) is 12.8. The van der Waals surface area contributed by atoms with Gasteiger partial charge in [0.05, 0.1) is 6.42 Å². The molecule has 0 fully saturated rings. The Bertz CT molecular complexity index is 682. The molecule has 0 unspecified atom stereocenters. The first-order valence-electron chi connectivity index (χ1n) is 7.55. The normalized spacial score (nSPS) is 12.0. The van der Waals surface area contributed by atoms with Crippen molar-refractivity contribution in [2.24, 2.45) is 5.73 Å². The van der Waals surface area contributed by atoms with Gasteiger partial charge < -0.3 is 21.5 Å². The van der Waals surface area contributed by atoms with Gasteiger partial charge in [-0.2, -0.15) is 0 Å². The van der Waals surface area contributed by atoms with Gasteiger partial charge in [0.1, 0.15) is 6.04 Å². The molecule has 0 bridgehead atoms. The fraction of sp³-hybridized carbons (Fsp3) is 0.294. The van der Waals surface area contributed by atoms with Gasteiger partial charge >= 0.3 is 5.97 Å². The molecule has 122 valence electrons. The number of hydrogen-bond acceptors (Lipinski definition) is 4. The van der Waals surface area contributed by atoms with Gasteiger partial charge in [-0.1, -0.05) is 36.4 Å². The predicted molar refractivity (Wildman–Crippen MR) is 90.3 cm³/mol. The van der Waals surface area contributed by atoms with E-state index in [1.165, 1.54) is 0 Å². The molecule has 2 aromatic rings. The van der Waals surface area contributed by atoms with Crippen LogP contribution in [0, 0.1) is 0 Å². The number of hydrogen-bond donors (Lipinski definition) is 4. The summed E-state index contributed by atoms with van der Waals surface area (Å²) in [5.74, 6) is -1.39. The molecule has 6 nitrogen and oxygen atoms in total. The Morgan fingerprint density at radius 3 is 2.61 bits per heavy atom. The molecule has 0 aliphatic carbocycles. The molecule has 1 amide bonds. The first kappa shape index (κ1) is 16.9. The number of benzene rings is 2. The summed E-state index contributed by atoms with van der Waals surface area (Å²) in [4.78, 5) is 23.4. The zero-order chi connectivity index (χ0) is 16.7. The maximum absolute atomic E-state index is 12.2. The molecule has 2 rings (SSSR count). The van der Waals surface area contributed by atoms with Crippen LogP contribution in [0.3, 0.4) is 0 Å². The van der Waals surface area contributed by atoms with Crippen LogP contribution in [0.5, 0.6) is 0 Å². The molecule has 0 saturated carbocycles. The van der Waals surface area contributed by atoms with Crippen LogP contribution in [0.1, 0.15) is 12.8 Å². The molecule has 23 heavy (non-hydrogen) atoms. The monoisotopic (exact) mass is 315 g/mol. The summed E-state index contributed by atoms with van der Waals surface area (Å²) in [6, 6.07) is 12.4. The van der Waals surface area contributed by atoms with Gasteiger partial charge in [0.15, 0.2) is 0 Å². The Morgan fingerprint density at radius 1 is 1.13 bits per heavy atom. The topological polar surface area (TPSA) is 104 Å². The third kappa shape index (κ3) is 4.77. The van der Waals surface area contributed by atoms with Crippen molar-refractivity contribution in [1.29, 1.82) is 0 Å². The van der Waals surface area contributed by atoms with Gasteiger partial charge in [-0.3, -0.25) is 9.59 Å². The SMILES string of the molecule is NCCCN[C@H](CC(=O)Nc1cccc2ccccc12)C(=O)O. The third-order valence-electron chi connectivity index (χ3n) is 3.52. The standard InChI is InChI=1S/C17H21N3O3/c18-9-4-10-19-15(17(22)23)11-16(21)20-14-8-3-6-12-5-1-2-7-13(12)14/h1-3,5-8,15,19H,4,9-11,18H2,(H,20,21)(H,22,23)/t15-/m1/s1. The molecule has 0 radical (unpaired) electrons. The van der Waals surface area contributed by atoms with Crippen LogP contribution in [0.25, 0.3) is 10.8 Å². The van der Waals surface area contributed by atoms with Crippen molar-refractivity contribution in [2.45, 2.75) is 18.9 Å². The number of carbonyl (C=O) groups is 2. The van der Waals surface area contributed by atoms with E-state index in [2.05, 4.69) is 10.6 Å². The third-order valence-corrected chi connectivity index (χ3v) is 3.52. The van der Waals surface area contributed by atoms with Crippen LogP contribution in [-0.4, -0.2) is 36.1 Å². The lowest BCUT2D eigenvalue weighted by atomic mass is 10.1. The average Bonchev–Trinajstić information content (AvgIpc) is 2.54. The molecule has 0 aliphatic heterocycles. The molecule has 6 heteroatoms. The number of nitrogens with two attached hydrogens (primary N) is 1. The minimum Gasteiger partial charge on any atom is -0.480 e. The summed E-state index contributed by atoms with van der Waals surface area (Å²) in [5, 5.41) is 16.8. The Balaban J connectivity index is 2.03. The molecule has 1 atom stereocenters. The highest BCUT2D eigenvalue weighted by atomic mass is 16.4. The Labute approximate surface area is 134 Å². The van der Waals surface area contributed by atoms with E-state index in [1.54, 1.807) is 6.07 Å². The second kappa shape index (κ2) is 8.26. The molecule has 0 heterocycles. The molecule has 5 N–H and O–H groups in total. The summed E-state index contributed by atoms with van der Waals surface area (Å²) < 4.78 is 0. The molecule has 0 spiro atoms. The summed E-state index contributed by atoms with van der Waals surface area (Å²) >= 11 is 0. The van der Waals surface area contributed by atoms with Crippen molar-refractivity contribution >= 4 is 28.3 Å². The van der Waals surface area contributed by atoms with Crippen molar-refractivity contribution in [3.05, 3.63) is 42.5 Å². The maximum Gasteiger partial charge on any atom is 0.321 e. The van der Waals surface area contributed by atoms with E-state index in [9.17, 15) is 14.7 Å². The van der Waals surface area contributed by atoms with Crippen LogP contribution in [-0.2, 0) is 9.59 Å². The zero-order valence-electron chi connectivity index (χ0n) is 12.8. The fourth-order valence-electron chi connectivity index (χ4n) is 2.35. The van der Waals surface area contributed by atoms with E-state index in [0.717, 1.165) is 10.8 Å². The quantitative estimate of drug-likeness (QED) is 0.553. The van der Waals surface area contributed by atoms with E-state index >= 15 is 0 Å². The lowest BCUT2D eigenvalue weighted by Gasteiger charge is -2.15. The summed E-state index contributed by atoms with van der Waals surface area (Å²) in [6.45, 7) is 0.941. The van der Waals surface area contributed by atoms with Gasteiger partial charge in [-0.05, 0) is 31.0 Å². The summed E-state index contributed by atoms with van der Waals surface area (Å²) in [5.41, 5.74) is 6.06. The smallest absolute Gasteiger partial charge is 0.321 e. The van der Waals surface area contributed by atoms with Crippen LogP contribution >= 0.6 is 0 Å². The molecular weight excluding hydrogens is 294 g/mol. The Hall–Kier alpha value is -2.44. The number of carboxylic acids is 1. The van der Waals surface area contributed by atoms with Crippen molar-refractivity contribution in [3.63, 3.8) is 0 Å². The largest absolute Gasteiger partial charge is 0.480 e. The highest BCUT2D eigenvalue weighted by molar-refractivity contribution is 6.03. The summed E-state index contributed by atoms with van der Waals surface area (Å²) in [6.07, 6.45) is 0.526. The van der Waals surface area contributed by atoms with Crippen molar-refractivity contribution in [3.8, 4) is 0 Å². The Kier molecular flexibility index (Phi) is 6.08. The second-order valence-electron chi connectivity index (χ2n) is 5.27. The molecule has 2 aromatic carbocycles. The van der Waals surface area contributed by atoms with Crippen molar-refractivity contribution in [2.75, 3.05) is 18.4 Å². The molecule has 0 aliphatic rings. The van der Waals surface area contributed by atoms with E-state index in [-0.39, 0.29) is 12.3 Å². The lowest BCUT2D eigenvalue weighted by molar-refractivity contribution is -0.141. The molecule has 0 aromatic heterocycles. The van der Waals surface area contributed by atoms with Gasteiger partial charge in [0.2, 0.25) is 5.91 Å². The van der Waals surface area contributed by atoms with Gasteiger partial charge in [0, 0.05) is 11.1 Å². The predicted octanol–water partition coefficient (Wildman–Crippen LogP) is 1.56. The highest BCUT2D eigenvalue weighted by Crippen LogP contribution is 2.23. The fourth-order valence-corrected chi connectivity index (χ4v) is 2.35. The van der Waals surface area contributed by atoms with Crippen LogP contribution in [0.15, 0.2) is 42.5 Å². The number of amides is 1. The van der Waals surface area contributed by atoms with Crippen LogP contribution in [0.4, 0.5) is 5.69 Å². The average molecular weight is 315 g/mol. The summed E-state index contributed by atoms with van der Waals surface area (Å²) in [7, 11) is 0.